The Balaban J connectivity index is 1.63. The van der Waals surface area contributed by atoms with Crippen LogP contribution in [0.25, 0.3) is 0 Å². The monoisotopic (exact) mass is 317 g/mol. The minimum Gasteiger partial charge on any atom is -0.347 e. The molecule has 0 spiro atoms. The zero-order valence-electron chi connectivity index (χ0n) is 13.5. The van der Waals surface area contributed by atoms with Gasteiger partial charge in [0.1, 0.15) is 0 Å². The Labute approximate surface area is 135 Å². The molecule has 0 unspecified atom stereocenters. The van der Waals surface area contributed by atoms with E-state index in [0.717, 1.165) is 29.1 Å². The summed E-state index contributed by atoms with van der Waals surface area (Å²) >= 11 is 1.66. The fraction of sp³-hybridized carbons (Fsp3) is 0.529. The van der Waals surface area contributed by atoms with Crippen LogP contribution in [0, 0.1) is 13.8 Å². The van der Waals surface area contributed by atoms with Gasteiger partial charge in [0.25, 0.3) is 5.91 Å². The number of hydrogen-bond acceptors (Lipinski definition) is 3. The van der Waals surface area contributed by atoms with Crippen molar-refractivity contribution in [2.75, 3.05) is 0 Å². The number of carbonyl (C=O) groups is 1. The molecular weight excluding hydrogens is 294 g/mol. The van der Waals surface area contributed by atoms with Crippen LogP contribution in [0.3, 0.4) is 0 Å². The average molecular weight is 317 g/mol. The van der Waals surface area contributed by atoms with E-state index in [1.165, 1.54) is 23.3 Å². The summed E-state index contributed by atoms with van der Waals surface area (Å²) < 4.78 is 1.96. The van der Waals surface area contributed by atoms with Gasteiger partial charge in [-0.15, -0.1) is 11.3 Å². The fourth-order valence-electron chi connectivity index (χ4n) is 3.06. The van der Waals surface area contributed by atoms with Gasteiger partial charge in [-0.1, -0.05) is 0 Å². The molecule has 2 heterocycles. The molecule has 1 aliphatic carbocycles. The molecule has 0 radical (unpaired) electrons. The summed E-state index contributed by atoms with van der Waals surface area (Å²) in [5.41, 5.74) is 3.53. The third kappa shape index (κ3) is 3.24. The van der Waals surface area contributed by atoms with Crippen LogP contribution in [0.2, 0.25) is 0 Å². The molecule has 0 saturated heterocycles. The molecule has 1 aliphatic rings. The lowest BCUT2D eigenvalue weighted by atomic mass is 9.99. The van der Waals surface area contributed by atoms with Crippen molar-refractivity contribution >= 4 is 17.2 Å². The van der Waals surface area contributed by atoms with Crippen LogP contribution in [-0.4, -0.2) is 21.7 Å². The Morgan fingerprint density at radius 2 is 2.14 bits per heavy atom. The minimum atomic E-state index is 0.0495. The molecule has 2 aromatic heterocycles. The SMILES string of the molecule is Cc1cc(C)n(C[C@H](C)NC(=O)c2cc3c(s2)CCCC3)n1. The third-order valence-electron chi connectivity index (χ3n) is 4.15. The Morgan fingerprint density at radius 1 is 1.36 bits per heavy atom. The first-order valence-corrected chi connectivity index (χ1v) is 8.78. The number of nitrogens with zero attached hydrogens (tertiary/aromatic N) is 2. The molecule has 5 heteroatoms. The zero-order chi connectivity index (χ0) is 15.7. The van der Waals surface area contributed by atoms with Crippen molar-refractivity contribution in [1.82, 2.24) is 15.1 Å². The van der Waals surface area contributed by atoms with E-state index in [0.29, 0.717) is 6.54 Å². The molecule has 4 nitrogen and oxygen atoms in total. The maximum atomic E-state index is 12.4. The summed E-state index contributed by atoms with van der Waals surface area (Å²) in [5.74, 6) is 0.0495. The topological polar surface area (TPSA) is 46.9 Å². The van der Waals surface area contributed by atoms with Crippen molar-refractivity contribution in [3.05, 3.63) is 38.8 Å². The molecule has 0 aliphatic heterocycles. The van der Waals surface area contributed by atoms with E-state index in [-0.39, 0.29) is 11.9 Å². The first-order chi connectivity index (χ1) is 10.5. The molecule has 0 fully saturated rings. The van der Waals surface area contributed by atoms with Crippen molar-refractivity contribution < 1.29 is 4.79 Å². The number of aryl methyl sites for hydroxylation is 4. The third-order valence-corrected chi connectivity index (χ3v) is 5.38. The molecule has 0 aromatic carbocycles. The molecule has 118 valence electrons. The normalized spacial score (nSPS) is 15.4. The minimum absolute atomic E-state index is 0.0495. The van der Waals surface area contributed by atoms with Crippen molar-refractivity contribution in [1.29, 1.82) is 0 Å². The maximum Gasteiger partial charge on any atom is 0.261 e. The summed E-state index contributed by atoms with van der Waals surface area (Å²) in [5, 5.41) is 7.55. The van der Waals surface area contributed by atoms with Gasteiger partial charge in [-0.05, 0) is 64.2 Å². The number of rotatable bonds is 4. The summed E-state index contributed by atoms with van der Waals surface area (Å²) in [4.78, 5) is 14.7. The molecule has 0 saturated carbocycles. The lowest BCUT2D eigenvalue weighted by molar-refractivity contribution is 0.0940. The van der Waals surface area contributed by atoms with Crippen molar-refractivity contribution in [2.45, 2.75) is 59.0 Å². The summed E-state index contributed by atoms with van der Waals surface area (Å²) in [6.45, 7) is 6.77. The van der Waals surface area contributed by atoms with Gasteiger partial charge >= 0.3 is 0 Å². The number of fused-ring (bicyclic) bond motifs is 1. The van der Waals surface area contributed by atoms with E-state index in [9.17, 15) is 4.79 Å². The van der Waals surface area contributed by atoms with Gasteiger partial charge in [-0.2, -0.15) is 5.10 Å². The van der Waals surface area contributed by atoms with Crippen LogP contribution in [0.15, 0.2) is 12.1 Å². The van der Waals surface area contributed by atoms with Crippen LogP contribution in [0.4, 0.5) is 0 Å². The van der Waals surface area contributed by atoms with E-state index in [1.807, 2.05) is 25.5 Å². The number of aromatic nitrogens is 2. The second kappa shape index (κ2) is 6.24. The lowest BCUT2D eigenvalue weighted by Gasteiger charge is -2.14. The van der Waals surface area contributed by atoms with Crippen LogP contribution in [0.1, 0.15) is 51.3 Å². The number of hydrogen-bond donors (Lipinski definition) is 1. The summed E-state index contributed by atoms with van der Waals surface area (Å²) in [6.07, 6.45) is 4.76. The van der Waals surface area contributed by atoms with E-state index < -0.39 is 0 Å². The number of amides is 1. The number of thiophene rings is 1. The van der Waals surface area contributed by atoms with Crippen LogP contribution in [0.5, 0.6) is 0 Å². The van der Waals surface area contributed by atoms with E-state index in [1.54, 1.807) is 11.3 Å². The van der Waals surface area contributed by atoms with E-state index in [2.05, 4.69) is 22.5 Å². The molecule has 1 amide bonds. The van der Waals surface area contributed by atoms with Crippen molar-refractivity contribution in [2.24, 2.45) is 0 Å². The van der Waals surface area contributed by atoms with Gasteiger partial charge in [0, 0.05) is 16.6 Å². The van der Waals surface area contributed by atoms with E-state index in [4.69, 9.17) is 0 Å². The number of carbonyl (C=O) groups excluding carboxylic acids is 1. The predicted octanol–water partition coefficient (Wildman–Crippen LogP) is 3.26. The van der Waals surface area contributed by atoms with Crippen LogP contribution in [-0.2, 0) is 19.4 Å². The van der Waals surface area contributed by atoms with E-state index >= 15 is 0 Å². The highest BCUT2D eigenvalue weighted by Crippen LogP contribution is 2.29. The molecule has 22 heavy (non-hydrogen) atoms. The highest BCUT2D eigenvalue weighted by molar-refractivity contribution is 7.14. The van der Waals surface area contributed by atoms with Gasteiger partial charge in [0.2, 0.25) is 0 Å². The summed E-state index contributed by atoms with van der Waals surface area (Å²) in [7, 11) is 0. The molecule has 1 atom stereocenters. The van der Waals surface area contributed by atoms with Crippen LogP contribution >= 0.6 is 11.3 Å². The Kier molecular flexibility index (Phi) is 4.34. The fourth-order valence-corrected chi connectivity index (χ4v) is 4.22. The van der Waals surface area contributed by atoms with Gasteiger partial charge in [0.15, 0.2) is 0 Å². The molecule has 0 bridgehead atoms. The standard InChI is InChI=1S/C17H23N3OS/c1-11-8-13(3)20(19-11)10-12(2)18-17(21)16-9-14-6-4-5-7-15(14)22-16/h8-9,12H,4-7,10H2,1-3H3,(H,18,21)/t12-/m0/s1. The second-order valence-corrected chi connectivity index (χ2v) is 7.39. The van der Waals surface area contributed by atoms with Gasteiger partial charge in [-0.25, -0.2) is 0 Å². The largest absolute Gasteiger partial charge is 0.347 e. The maximum absolute atomic E-state index is 12.4. The van der Waals surface area contributed by atoms with Crippen molar-refractivity contribution in [3.8, 4) is 0 Å². The Hall–Kier alpha value is -1.62. The van der Waals surface area contributed by atoms with Gasteiger partial charge in [-0.3, -0.25) is 9.48 Å². The Morgan fingerprint density at radius 3 is 2.82 bits per heavy atom. The highest BCUT2D eigenvalue weighted by Gasteiger charge is 2.18. The first-order valence-electron chi connectivity index (χ1n) is 7.96. The lowest BCUT2D eigenvalue weighted by Crippen LogP contribution is -2.35. The number of nitrogens with one attached hydrogen (secondary N) is 1. The van der Waals surface area contributed by atoms with Gasteiger partial charge in [0.05, 0.1) is 17.1 Å². The molecule has 3 rings (SSSR count). The smallest absolute Gasteiger partial charge is 0.261 e. The molecular formula is C17H23N3OS. The van der Waals surface area contributed by atoms with Crippen LogP contribution < -0.4 is 5.32 Å². The second-order valence-electron chi connectivity index (χ2n) is 6.25. The Bertz CT molecular complexity index is 663. The molecule has 1 N–H and O–H groups in total. The predicted molar refractivity (Wildman–Crippen MR) is 89.6 cm³/mol. The molecule has 2 aromatic rings. The first kappa shape index (κ1) is 15.3. The quantitative estimate of drug-likeness (QED) is 0.941. The van der Waals surface area contributed by atoms with Crippen molar-refractivity contribution in [3.63, 3.8) is 0 Å². The highest BCUT2D eigenvalue weighted by atomic mass is 32.1. The van der Waals surface area contributed by atoms with Gasteiger partial charge < -0.3 is 5.32 Å². The zero-order valence-corrected chi connectivity index (χ0v) is 14.3. The average Bonchev–Trinajstić information content (AvgIpc) is 3.02. The summed E-state index contributed by atoms with van der Waals surface area (Å²) in [6, 6.07) is 4.21.